The van der Waals surface area contributed by atoms with Crippen LogP contribution in [-0.2, 0) is 14.8 Å². The molecule has 1 N–H and O–H groups in total. The van der Waals surface area contributed by atoms with Crippen LogP contribution in [0.5, 0.6) is 11.5 Å². The SMILES string of the molecule is COc1ccccc1N(CC(=O)NN=Cc1ccc(OC2CSC2)cc1)S(=O)(=O)c1ccccc1. The van der Waals surface area contributed by atoms with Crippen LogP contribution in [0.1, 0.15) is 5.56 Å². The average Bonchev–Trinajstić information content (AvgIpc) is 2.86. The molecule has 182 valence electrons. The highest BCUT2D eigenvalue weighted by atomic mass is 32.2. The Morgan fingerprint density at radius 3 is 2.40 bits per heavy atom. The van der Waals surface area contributed by atoms with Gasteiger partial charge in [0, 0.05) is 11.5 Å². The van der Waals surface area contributed by atoms with Crippen LogP contribution in [0.3, 0.4) is 0 Å². The molecule has 0 radical (unpaired) electrons. The molecule has 1 aliphatic heterocycles. The second-order valence-corrected chi connectivity index (χ2v) is 10.6. The van der Waals surface area contributed by atoms with E-state index in [1.165, 1.54) is 25.5 Å². The predicted octanol–water partition coefficient (Wildman–Crippen LogP) is 3.54. The van der Waals surface area contributed by atoms with E-state index in [0.717, 1.165) is 27.1 Å². The highest BCUT2D eigenvalue weighted by molar-refractivity contribution is 8.00. The van der Waals surface area contributed by atoms with Crippen LogP contribution in [-0.4, -0.2) is 51.8 Å². The Balaban J connectivity index is 1.47. The lowest BCUT2D eigenvalue weighted by molar-refractivity contribution is -0.119. The van der Waals surface area contributed by atoms with Gasteiger partial charge in [-0.05, 0) is 54.1 Å². The summed E-state index contributed by atoms with van der Waals surface area (Å²) >= 11 is 1.85. The highest BCUT2D eigenvalue weighted by Crippen LogP contribution is 2.32. The fraction of sp³-hybridized carbons (Fsp3) is 0.200. The van der Waals surface area contributed by atoms with Crippen molar-refractivity contribution in [3.63, 3.8) is 0 Å². The summed E-state index contributed by atoms with van der Waals surface area (Å²) < 4.78 is 39.0. The topological polar surface area (TPSA) is 97.3 Å². The lowest BCUT2D eigenvalue weighted by Crippen LogP contribution is -2.39. The number of thioether (sulfide) groups is 1. The monoisotopic (exact) mass is 511 g/mol. The Kier molecular flexibility index (Phi) is 7.94. The van der Waals surface area contributed by atoms with Gasteiger partial charge in [0.2, 0.25) is 0 Å². The van der Waals surface area contributed by atoms with Crippen molar-refractivity contribution in [2.24, 2.45) is 5.10 Å². The lowest BCUT2D eigenvalue weighted by atomic mass is 10.2. The molecule has 3 aromatic carbocycles. The summed E-state index contributed by atoms with van der Waals surface area (Å²) in [5, 5.41) is 3.98. The molecule has 4 rings (SSSR count). The standard InChI is InChI=1S/C25H25N3O5S2/c1-32-24-10-6-5-9-23(24)28(35(30,31)22-7-3-2-4-8-22)16-25(29)27-26-15-19-11-13-20(14-12-19)33-21-17-34-18-21/h2-15,21H,16-18H2,1H3,(H,27,29). The zero-order chi connectivity index (χ0) is 24.7. The van der Waals surface area contributed by atoms with Crippen molar-refractivity contribution in [2.75, 3.05) is 29.5 Å². The molecule has 10 heteroatoms. The molecule has 0 aromatic heterocycles. The van der Waals surface area contributed by atoms with Gasteiger partial charge < -0.3 is 9.47 Å². The van der Waals surface area contributed by atoms with Gasteiger partial charge in [0.1, 0.15) is 24.1 Å². The number of hydrazone groups is 1. The second kappa shape index (κ2) is 11.3. The third-order valence-corrected chi connectivity index (χ3v) is 8.15. The van der Waals surface area contributed by atoms with Crippen molar-refractivity contribution in [3.8, 4) is 11.5 Å². The number of para-hydroxylation sites is 2. The lowest BCUT2D eigenvalue weighted by Gasteiger charge is -2.25. The smallest absolute Gasteiger partial charge is 0.264 e. The van der Waals surface area contributed by atoms with E-state index in [1.807, 2.05) is 36.0 Å². The Morgan fingerprint density at radius 1 is 1.06 bits per heavy atom. The van der Waals surface area contributed by atoms with Gasteiger partial charge in [0.15, 0.2) is 0 Å². The van der Waals surface area contributed by atoms with Crippen LogP contribution in [0.15, 0.2) is 88.9 Å². The van der Waals surface area contributed by atoms with Crippen molar-refractivity contribution in [2.45, 2.75) is 11.0 Å². The Labute approximate surface area is 209 Å². The maximum absolute atomic E-state index is 13.4. The van der Waals surface area contributed by atoms with Gasteiger partial charge in [-0.1, -0.05) is 30.3 Å². The number of anilines is 1. The van der Waals surface area contributed by atoms with Crippen LogP contribution in [0, 0.1) is 0 Å². The molecule has 8 nitrogen and oxygen atoms in total. The Morgan fingerprint density at radius 2 is 1.74 bits per heavy atom. The van der Waals surface area contributed by atoms with E-state index in [4.69, 9.17) is 9.47 Å². The summed E-state index contributed by atoms with van der Waals surface area (Å²) in [7, 11) is -2.60. The molecule has 0 saturated carbocycles. The van der Waals surface area contributed by atoms with Gasteiger partial charge in [0.25, 0.3) is 15.9 Å². The van der Waals surface area contributed by atoms with Crippen LogP contribution < -0.4 is 19.2 Å². The summed E-state index contributed by atoms with van der Waals surface area (Å²) in [6.45, 7) is -0.485. The maximum atomic E-state index is 13.4. The summed E-state index contributed by atoms with van der Waals surface area (Å²) in [5.74, 6) is 2.51. The minimum Gasteiger partial charge on any atom is -0.495 e. The molecule has 0 atom stereocenters. The number of ether oxygens (including phenoxy) is 2. The summed E-state index contributed by atoms with van der Waals surface area (Å²) in [6.07, 6.45) is 1.75. The first-order valence-corrected chi connectivity index (χ1v) is 13.4. The van der Waals surface area contributed by atoms with Gasteiger partial charge >= 0.3 is 0 Å². The first-order chi connectivity index (χ1) is 17.0. The van der Waals surface area contributed by atoms with Gasteiger partial charge in [-0.3, -0.25) is 9.10 Å². The number of amides is 1. The zero-order valence-corrected chi connectivity index (χ0v) is 20.7. The number of hydrogen-bond acceptors (Lipinski definition) is 7. The molecule has 1 fully saturated rings. The molecule has 0 aliphatic carbocycles. The van der Waals surface area contributed by atoms with Crippen LogP contribution in [0.25, 0.3) is 0 Å². The molecule has 35 heavy (non-hydrogen) atoms. The number of rotatable bonds is 10. The highest BCUT2D eigenvalue weighted by Gasteiger charge is 2.29. The molecule has 1 heterocycles. The van der Waals surface area contributed by atoms with Crippen LogP contribution in [0.4, 0.5) is 5.69 Å². The maximum Gasteiger partial charge on any atom is 0.264 e. The van der Waals surface area contributed by atoms with Crippen molar-refractivity contribution in [1.29, 1.82) is 0 Å². The van der Waals surface area contributed by atoms with Crippen molar-refractivity contribution < 1.29 is 22.7 Å². The molecule has 0 unspecified atom stereocenters. The number of carbonyl (C=O) groups excluding carboxylic acids is 1. The van der Waals surface area contributed by atoms with E-state index in [1.54, 1.807) is 42.5 Å². The Bertz CT molecular complexity index is 1280. The normalized spacial score (nSPS) is 13.7. The number of nitrogens with one attached hydrogen (secondary N) is 1. The minimum atomic E-state index is -4.05. The molecular weight excluding hydrogens is 486 g/mol. The summed E-state index contributed by atoms with van der Waals surface area (Å²) in [4.78, 5) is 12.8. The third-order valence-electron chi connectivity index (χ3n) is 5.17. The van der Waals surface area contributed by atoms with Gasteiger partial charge in [-0.25, -0.2) is 13.8 Å². The molecule has 0 bridgehead atoms. The molecule has 1 amide bonds. The van der Waals surface area contributed by atoms with Gasteiger partial charge in [-0.15, -0.1) is 0 Å². The Hall–Kier alpha value is -3.50. The molecule has 1 saturated heterocycles. The number of benzene rings is 3. The van der Waals surface area contributed by atoms with Crippen molar-refractivity contribution in [3.05, 3.63) is 84.4 Å². The number of methoxy groups -OCH3 is 1. The summed E-state index contributed by atoms with van der Waals surface area (Å²) in [5.41, 5.74) is 3.42. The van der Waals surface area contributed by atoms with Crippen LogP contribution in [0.2, 0.25) is 0 Å². The zero-order valence-electron chi connectivity index (χ0n) is 19.0. The average molecular weight is 512 g/mol. The molecule has 1 aliphatic rings. The fourth-order valence-corrected chi connectivity index (χ4v) is 5.32. The third kappa shape index (κ3) is 6.14. The number of nitrogens with zero attached hydrogens (tertiary/aromatic N) is 2. The second-order valence-electron chi connectivity index (χ2n) is 7.64. The van der Waals surface area contributed by atoms with E-state index in [9.17, 15) is 13.2 Å². The molecular formula is C25H25N3O5S2. The molecule has 0 spiro atoms. The van der Waals surface area contributed by atoms with E-state index < -0.39 is 22.5 Å². The van der Waals surface area contributed by atoms with Gasteiger partial charge in [0.05, 0.1) is 23.9 Å². The number of carbonyl (C=O) groups is 1. The summed E-state index contributed by atoms with van der Waals surface area (Å²) in [6, 6.07) is 21.9. The minimum absolute atomic E-state index is 0.0602. The van der Waals surface area contributed by atoms with Crippen molar-refractivity contribution in [1.82, 2.24) is 5.43 Å². The van der Waals surface area contributed by atoms with Gasteiger partial charge in [-0.2, -0.15) is 16.9 Å². The van der Waals surface area contributed by atoms with E-state index in [2.05, 4.69) is 10.5 Å². The molecule has 3 aromatic rings. The largest absolute Gasteiger partial charge is 0.495 e. The van der Waals surface area contributed by atoms with Crippen molar-refractivity contribution >= 4 is 39.6 Å². The number of sulfonamides is 1. The van der Waals surface area contributed by atoms with E-state index in [-0.39, 0.29) is 16.7 Å². The quantitative estimate of drug-likeness (QED) is 0.330. The first kappa shape index (κ1) is 24.6. The predicted molar refractivity (Wildman–Crippen MR) is 138 cm³/mol. The first-order valence-electron chi connectivity index (χ1n) is 10.8. The fourth-order valence-electron chi connectivity index (χ4n) is 3.31. The van der Waals surface area contributed by atoms with Crippen LogP contribution >= 0.6 is 11.8 Å². The van der Waals surface area contributed by atoms with E-state index in [0.29, 0.717) is 5.75 Å². The van der Waals surface area contributed by atoms with E-state index >= 15 is 0 Å². The number of hydrogen-bond donors (Lipinski definition) is 1.